The predicted octanol–water partition coefficient (Wildman–Crippen LogP) is 1.91. The van der Waals surface area contributed by atoms with E-state index in [4.69, 9.17) is 0 Å². The molecule has 0 fully saturated rings. The standard InChI is InChI=1S/C14H21N5O/c1-5-11(6-2)8-15-13(20)12-17-14-16-9(3)7-10(4)19(14)18-12/h7,11H,5-6,8H2,1-4H3,(H,15,20). The second-order valence-corrected chi connectivity index (χ2v) is 5.08. The number of hydrogen-bond acceptors (Lipinski definition) is 4. The van der Waals surface area contributed by atoms with E-state index in [0.717, 1.165) is 24.2 Å². The Bertz CT molecular complexity index is 615. The van der Waals surface area contributed by atoms with Crippen molar-refractivity contribution in [3.8, 4) is 0 Å². The number of nitrogens with zero attached hydrogens (tertiary/aromatic N) is 4. The zero-order chi connectivity index (χ0) is 14.7. The summed E-state index contributed by atoms with van der Waals surface area (Å²) in [5.41, 5.74) is 1.78. The lowest BCUT2D eigenvalue weighted by Gasteiger charge is -2.11. The lowest BCUT2D eigenvalue weighted by molar-refractivity contribution is 0.0936. The molecular weight excluding hydrogens is 254 g/mol. The third-order valence-electron chi connectivity index (χ3n) is 3.53. The number of amides is 1. The molecule has 2 aromatic heterocycles. The summed E-state index contributed by atoms with van der Waals surface area (Å²) in [5, 5.41) is 7.10. The molecule has 0 bridgehead atoms. The smallest absolute Gasteiger partial charge is 0.291 e. The fourth-order valence-corrected chi connectivity index (χ4v) is 2.16. The predicted molar refractivity (Wildman–Crippen MR) is 76.7 cm³/mol. The minimum absolute atomic E-state index is 0.178. The lowest BCUT2D eigenvalue weighted by atomic mass is 10.0. The van der Waals surface area contributed by atoms with Gasteiger partial charge in [0.2, 0.25) is 5.82 Å². The molecule has 6 nitrogen and oxygen atoms in total. The van der Waals surface area contributed by atoms with E-state index in [2.05, 4.69) is 34.2 Å². The van der Waals surface area contributed by atoms with Gasteiger partial charge >= 0.3 is 0 Å². The van der Waals surface area contributed by atoms with E-state index in [1.807, 2.05) is 19.9 Å². The maximum Gasteiger partial charge on any atom is 0.291 e. The highest BCUT2D eigenvalue weighted by atomic mass is 16.2. The van der Waals surface area contributed by atoms with Crippen LogP contribution in [0.3, 0.4) is 0 Å². The Morgan fingerprint density at radius 2 is 2.00 bits per heavy atom. The van der Waals surface area contributed by atoms with Crippen LogP contribution in [0.5, 0.6) is 0 Å². The number of fused-ring (bicyclic) bond motifs is 1. The lowest BCUT2D eigenvalue weighted by Crippen LogP contribution is -2.29. The van der Waals surface area contributed by atoms with E-state index >= 15 is 0 Å². The van der Waals surface area contributed by atoms with Crippen LogP contribution in [0.15, 0.2) is 6.07 Å². The quantitative estimate of drug-likeness (QED) is 0.904. The van der Waals surface area contributed by atoms with Crippen molar-refractivity contribution in [3.05, 3.63) is 23.3 Å². The Labute approximate surface area is 118 Å². The van der Waals surface area contributed by atoms with Gasteiger partial charge in [0.15, 0.2) is 0 Å². The third-order valence-corrected chi connectivity index (χ3v) is 3.53. The second-order valence-electron chi connectivity index (χ2n) is 5.08. The highest BCUT2D eigenvalue weighted by Gasteiger charge is 2.15. The average Bonchev–Trinajstić information content (AvgIpc) is 2.83. The van der Waals surface area contributed by atoms with Crippen LogP contribution in [-0.4, -0.2) is 32.0 Å². The summed E-state index contributed by atoms with van der Waals surface area (Å²) in [6, 6.07) is 1.91. The van der Waals surface area contributed by atoms with E-state index < -0.39 is 0 Å². The highest BCUT2D eigenvalue weighted by Crippen LogP contribution is 2.07. The van der Waals surface area contributed by atoms with Crippen LogP contribution in [0.4, 0.5) is 0 Å². The van der Waals surface area contributed by atoms with Gasteiger partial charge in [-0.25, -0.2) is 9.50 Å². The normalized spacial score (nSPS) is 11.2. The molecule has 0 atom stereocenters. The second kappa shape index (κ2) is 5.98. The summed E-state index contributed by atoms with van der Waals surface area (Å²) in [6.45, 7) is 8.72. The fraction of sp³-hybridized carbons (Fsp3) is 0.571. The topological polar surface area (TPSA) is 72.2 Å². The van der Waals surface area contributed by atoms with Gasteiger partial charge in [-0.1, -0.05) is 26.7 Å². The minimum Gasteiger partial charge on any atom is -0.349 e. The third kappa shape index (κ3) is 2.95. The Kier molecular flexibility index (Phi) is 4.32. The summed E-state index contributed by atoms with van der Waals surface area (Å²) >= 11 is 0. The van der Waals surface area contributed by atoms with Crippen molar-refractivity contribution in [2.24, 2.45) is 5.92 Å². The van der Waals surface area contributed by atoms with Crippen molar-refractivity contribution in [2.45, 2.75) is 40.5 Å². The highest BCUT2D eigenvalue weighted by molar-refractivity contribution is 5.90. The van der Waals surface area contributed by atoms with Crippen molar-refractivity contribution in [1.82, 2.24) is 24.9 Å². The molecule has 0 radical (unpaired) electrons. The first-order valence-electron chi connectivity index (χ1n) is 7.04. The van der Waals surface area contributed by atoms with Gasteiger partial charge in [0.1, 0.15) is 0 Å². The molecule has 0 aliphatic heterocycles. The maximum absolute atomic E-state index is 12.1. The van der Waals surface area contributed by atoms with Gasteiger partial charge in [-0.2, -0.15) is 4.98 Å². The molecule has 2 aromatic rings. The molecule has 2 heterocycles. The van der Waals surface area contributed by atoms with Crippen LogP contribution in [-0.2, 0) is 0 Å². The zero-order valence-electron chi connectivity index (χ0n) is 12.5. The number of hydrogen-bond donors (Lipinski definition) is 1. The monoisotopic (exact) mass is 275 g/mol. The SMILES string of the molecule is CCC(CC)CNC(=O)c1nc2nc(C)cc(C)n2n1. The number of rotatable bonds is 5. The van der Waals surface area contributed by atoms with E-state index in [9.17, 15) is 4.79 Å². The van der Waals surface area contributed by atoms with E-state index in [1.54, 1.807) is 4.52 Å². The first-order valence-corrected chi connectivity index (χ1v) is 7.04. The van der Waals surface area contributed by atoms with Crippen LogP contribution in [0.2, 0.25) is 0 Å². The van der Waals surface area contributed by atoms with Crippen molar-refractivity contribution in [1.29, 1.82) is 0 Å². The molecule has 20 heavy (non-hydrogen) atoms. The van der Waals surface area contributed by atoms with Crippen molar-refractivity contribution in [2.75, 3.05) is 6.54 Å². The van der Waals surface area contributed by atoms with E-state index in [0.29, 0.717) is 18.2 Å². The van der Waals surface area contributed by atoms with Crippen LogP contribution in [0, 0.1) is 19.8 Å². The van der Waals surface area contributed by atoms with Gasteiger partial charge in [-0.15, -0.1) is 5.10 Å². The summed E-state index contributed by atoms with van der Waals surface area (Å²) < 4.78 is 1.60. The molecule has 6 heteroatoms. The minimum atomic E-state index is -0.237. The van der Waals surface area contributed by atoms with Gasteiger partial charge < -0.3 is 5.32 Å². The van der Waals surface area contributed by atoms with Crippen molar-refractivity contribution >= 4 is 11.7 Å². The Morgan fingerprint density at radius 3 is 2.65 bits per heavy atom. The number of carbonyl (C=O) groups is 1. The molecule has 2 rings (SSSR count). The number of nitrogens with one attached hydrogen (secondary N) is 1. The molecule has 0 unspecified atom stereocenters. The molecule has 0 saturated carbocycles. The summed E-state index contributed by atoms with van der Waals surface area (Å²) in [5.74, 6) is 0.907. The van der Waals surface area contributed by atoms with E-state index in [1.165, 1.54) is 0 Å². The van der Waals surface area contributed by atoms with Crippen molar-refractivity contribution in [3.63, 3.8) is 0 Å². The molecular formula is C14H21N5O. The molecule has 1 amide bonds. The van der Waals surface area contributed by atoms with Gasteiger partial charge in [-0.3, -0.25) is 4.79 Å². The fourth-order valence-electron chi connectivity index (χ4n) is 2.16. The van der Waals surface area contributed by atoms with Gasteiger partial charge in [0, 0.05) is 17.9 Å². The van der Waals surface area contributed by atoms with E-state index in [-0.39, 0.29) is 11.7 Å². The van der Waals surface area contributed by atoms with Crippen LogP contribution in [0.25, 0.3) is 5.78 Å². The largest absolute Gasteiger partial charge is 0.349 e. The number of aromatic nitrogens is 4. The molecule has 0 spiro atoms. The first-order chi connectivity index (χ1) is 9.55. The van der Waals surface area contributed by atoms with Crippen LogP contribution >= 0.6 is 0 Å². The number of aryl methyl sites for hydroxylation is 2. The van der Waals surface area contributed by atoms with Gasteiger partial charge in [0.25, 0.3) is 11.7 Å². The Balaban J connectivity index is 2.16. The number of carbonyl (C=O) groups excluding carboxylic acids is 1. The van der Waals surface area contributed by atoms with Crippen molar-refractivity contribution < 1.29 is 4.79 Å². The molecule has 0 saturated heterocycles. The first kappa shape index (κ1) is 14.4. The maximum atomic E-state index is 12.1. The molecule has 0 aliphatic rings. The van der Waals surface area contributed by atoms with Gasteiger partial charge in [-0.05, 0) is 25.8 Å². The molecule has 1 N–H and O–H groups in total. The zero-order valence-corrected chi connectivity index (χ0v) is 12.5. The Morgan fingerprint density at radius 1 is 1.30 bits per heavy atom. The van der Waals surface area contributed by atoms with Gasteiger partial charge in [0.05, 0.1) is 0 Å². The van der Waals surface area contributed by atoms with Crippen LogP contribution in [0.1, 0.15) is 48.7 Å². The summed E-state index contributed by atoms with van der Waals surface area (Å²) in [7, 11) is 0. The molecule has 108 valence electrons. The average molecular weight is 275 g/mol. The summed E-state index contributed by atoms with van der Waals surface area (Å²) in [4.78, 5) is 20.5. The molecule has 0 aromatic carbocycles. The van der Waals surface area contributed by atoms with Crippen LogP contribution < -0.4 is 5.32 Å². The Hall–Kier alpha value is -1.98. The molecule has 0 aliphatic carbocycles. The summed E-state index contributed by atoms with van der Waals surface area (Å²) in [6.07, 6.45) is 2.10.